The highest BCUT2D eigenvalue weighted by molar-refractivity contribution is 5.80. The molecular weight excluding hydrogens is 588 g/mol. The summed E-state index contributed by atoms with van der Waals surface area (Å²) in [7, 11) is 0. The first kappa shape index (κ1) is 30.5. The van der Waals surface area contributed by atoms with E-state index in [1.165, 1.54) is 18.3 Å². The molecule has 11 nitrogen and oxygen atoms in total. The first-order valence-corrected chi connectivity index (χ1v) is 12.0. The molecule has 0 unspecified atom stereocenters. The largest absolute Gasteiger partial charge is 0.489 e. The fraction of sp³-hybridized carbons (Fsp3) is 0.154. The third-order valence-corrected chi connectivity index (χ3v) is 5.27. The van der Waals surface area contributed by atoms with E-state index in [9.17, 15) is 36.5 Å². The number of aromatic nitrogens is 3. The molecule has 0 radical (unpaired) electrons. The molecular formula is C26H19F6N7O4. The van der Waals surface area contributed by atoms with Crippen molar-refractivity contribution in [1.29, 1.82) is 0 Å². The van der Waals surface area contributed by atoms with E-state index >= 15 is 0 Å². The second-order valence-corrected chi connectivity index (χ2v) is 8.49. The van der Waals surface area contributed by atoms with Gasteiger partial charge < -0.3 is 14.8 Å². The van der Waals surface area contributed by atoms with Crippen LogP contribution in [0.5, 0.6) is 11.8 Å². The Bertz CT molecular complexity index is 1540. The molecule has 0 amide bonds. The summed E-state index contributed by atoms with van der Waals surface area (Å²) in [6.45, 7) is 0.347. The molecule has 0 atom stereocenters. The van der Waals surface area contributed by atoms with E-state index in [1.807, 2.05) is 30.3 Å². The van der Waals surface area contributed by atoms with Crippen molar-refractivity contribution in [1.82, 2.24) is 15.0 Å². The summed E-state index contributed by atoms with van der Waals surface area (Å²) in [4.78, 5) is 21.0. The van der Waals surface area contributed by atoms with Crippen molar-refractivity contribution in [2.75, 3.05) is 10.7 Å². The number of nitro benzene ring substituents is 1. The summed E-state index contributed by atoms with van der Waals surface area (Å²) in [5.41, 5.74) is 3.67. The van der Waals surface area contributed by atoms with Crippen LogP contribution in [0, 0.1) is 10.1 Å². The minimum atomic E-state index is -5.83. The van der Waals surface area contributed by atoms with Crippen LogP contribution >= 0.6 is 0 Å². The zero-order valence-corrected chi connectivity index (χ0v) is 21.5. The Labute approximate surface area is 238 Å². The Kier molecular flexibility index (Phi) is 9.22. The summed E-state index contributed by atoms with van der Waals surface area (Å²) in [6, 6.07) is 19.4. The Hall–Kier alpha value is -5.48. The summed E-state index contributed by atoms with van der Waals surface area (Å²) < 4.78 is 88.2. The molecule has 1 aromatic heterocycles. The maximum atomic E-state index is 13.1. The van der Waals surface area contributed by atoms with Crippen molar-refractivity contribution < 1.29 is 40.7 Å². The van der Waals surface area contributed by atoms with Crippen LogP contribution in [0.3, 0.4) is 0 Å². The zero-order chi connectivity index (χ0) is 31.0. The maximum Gasteiger partial charge on any atom is 0.434 e. The van der Waals surface area contributed by atoms with Crippen LogP contribution in [0.4, 0.5) is 49.6 Å². The van der Waals surface area contributed by atoms with Gasteiger partial charge in [0.05, 0.1) is 11.1 Å². The van der Waals surface area contributed by atoms with Crippen LogP contribution in [0.1, 0.15) is 11.1 Å². The molecule has 0 aliphatic carbocycles. The summed E-state index contributed by atoms with van der Waals surface area (Å²) in [5, 5.41) is 17.2. The Morgan fingerprint density at radius 3 is 2.09 bits per heavy atom. The summed E-state index contributed by atoms with van der Waals surface area (Å²) in [6.07, 6.45) is -14.6. The van der Waals surface area contributed by atoms with E-state index in [4.69, 9.17) is 4.74 Å². The highest BCUT2D eigenvalue weighted by Crippen LogP contribution is 2.36. The van der Waals surface area contributed by atoms with Gasteiger partial charge in [-0.3, -0.25) is 10.1 Å². The number of hydrazone groups is 1. The first-order valence-electron chi connectivity index (χ1n) is 12.0. The monoisotopic (exact) mass is 607 g/mol. The minimum absolute atomic E-state index is 0.120. The van der Waals surface area contributed by atoms with Gasteiger partial charge in [-0.05, 0) is 47.5 Å². The lowest BCUT2D eigenvalue weighted by Gasteiger charge is -2.22. The van der Waals surface area contributed by atoms with E-state index in [0.717, 1.165) is 17.7 Å². The molecule has 17 heteroatoms. The molecule has 3 aromatic carbocycles. The number of alkyl halides is 6. The van der Waals surface area contributed by atoms with Gasteiger partial charge in [-0.15, -0.1) is 0 Å². The standard InChI is InChI=1S/C26H19F6N7O4/c27-25(28,29)21(26(30,31)32)43-24-36-22(34-18-8-10-19(11-9-18)39(40)41)35-23(37-24)38-33-14-16-6-12-20(13-7-16)42-15-17-4-2-1-3-5-17/h1-14,21H,15H2,(H2,34,35,36,37,38). The van der Waals surface area contributed by atoms with Crippen molar-refractivity contribution in [2.45, 2.75) is 25.1 Å². The normalized spacial score (nSPS) is 11.9. The fourth-order valence-electron chi connectivity index (χ4n) is 3.29. The van der Waals surface area contributed by atoms with Gasteiger partial charge in [0.15, 0.2) is 0 Å². The van der Waals surface area contributed by atoms with Crippen molar-refractivity contribution in [3.63, 3.8) is 0 Å². The van der Waals surface area contributed by atoms with Crippen molar-refractivity contribution in [3.05, 3.63) is 100 Å². The Balaban J connectivity index is 1.51. The molecule has 0 saturated heterocycles. The number of rotatable bonds is 11. The van der Waals surface area contributed by atoms with E-state index in [2.05, 4.69) is 35.5 Å². The molecule has 43 heavy (non-hydrogen) atoms. The third kappa shape index (κ3) is 9.00. The van der Waals surface area contributed by atoms with E-state index in [1.54, 1.807) is 24.3 Å². The number of nitrogens with one attached hydrogen (secondary N) is 2. The van der Waals surface area contributed by atoms with Gasteiger partial charge in [-0.25, -0.2) is 5.43 Å². The lowest BCUT2D eigenvalue weighted by atomic mass is 10.2. The minimum Gasteiger partial charge on any atom is -0.489 e. The average molecular weight is 607 g/mol. The molecule has 0 fully saturated rings. The molecule has 0 aliphatic heterocycles. The number of benzene rings is 3. The SMILES string of the molecule is O=[N+]([O-])c1ccc(Nc2nc(NN=Cc3ccc(OCc4ccccc4)cc3)nc(OC(C(F)(F)F)C(F)(F)F)n2)cc1. The molecule has 4 rings (SSSR count). The van der Waals surface area contributed by atoms with Gasteiger partial charge in [-0.1, -0.05) is 30.3 Å². The Morgan fingerprint density at radius 2 is 1.49 bits per heavy atom. The van der Waals surface area contributed by atoms with Crippen LogP contribution in [-0.2, 0) is 6.61 Å². The predicted molar refractivity (Wildman–Crippen MR) is 141 cm³/mol. The predicted octanol–water partition coefficient (Wildman–Crippen LogP) is 6.42. The lowest BCUT2D eigenvalue weighted by Crippen LogP contribution is -2.46. The maximum absolute atomic E-state index is 13.1. The van der Waals surface area contributed by atoms with Crippen molar-refractivity contribution in [3.8, 4) is 11.8 Å². The van der Waals surface area contributed by atoms with Gasteiger partial charge in [0, 0.05) is 17.8 Å². The van der Waals surface area contributed by atoms with E-state index in [0.29, 0.717) is 17.9 Å². The second-order valence-electron chi connectivity index (χ2n) is 8.49. The Morgan fingerprint density at radius 1 is 0.860 bits per heavy atom. The third-order valence-electron chi connectivity index (χ3n) is 5.27. The molecule has 2 N–H and O–H groups in total. The number of ether oxygens (including phenoxy) is 2. The average Bonchev–Trinajstić information content (AvgIpc) is 2.95. The highest BCUT2D eigenvalue weighted by atomic mass is 19.4. The van der Waals surface area contributed by atoms with Gasteiger partial charge in [-0.2, -0.15) is 46.4 Å². The number of anilines is 3. The van der Waals surface area contributed by atoms with E-state index < -0.39 is 41.3 Å². The first-order chi connectivity index (χ1) is 20.4. The van der Waals surface area contributed by atoms with Crippen molar-refractivity contribution >= 4 is 29.5 Å². The van der Waals surface area contributed by atoms with Gasteiger partial charge >= 0.3 is 18.4 Å². The number of nitrogens with zero attached hydrogens (tertiary/aromatic N) is 5. The summed E-state index contributed by atoms with van der Waals surface area (Å²) >= 11 is 0. The second kappa shape index (κ2) is 13.0. The van der Waals surface area contributed by atoms with Gasteiger partial charge in [0.2, 0.25) is 5.95 Å². The number of hydrogen-bond donors (Lipinski definition) is 2. The topological polar surface area (TPSA) is 137 Å². The van der Waals surface area contributed by atoms with Crippen LogP contribution in [0.25, 0.3) is 0 Å². The fourth-order valence-corrected chi connectivity index (χ4v) is 3.29. The van der Waals surface area contributed by atoms with E-state index in [-0.39, 0.29) is 11.4 Å². The van der Waals surface area contributed by atoms with Gasteiger partial charge in [0.25, 0.3) is 17.7 Å². The molecule has 0 saturated carbocycles. The quantitative estimate of drug-likeness (QED) is 0.0857. The molecule has 0 bridgehead atoms. The summed E-state index contributed by atoms with van der Waals surface area (Å²) in [5.74, 6) is -0.546. The molecule has 0 aliphatic rings. The number of non-ortho nitro benzene ring substituents is 1. The number of halogens is 6. The highest BCUT2D eigenvalue weighted by Gasteiger charge is 2.59. The lowest BCUT2D eigenvalue weighted by molar-refractivity contribution is -0.384. The van der Waals surface area contributed by atoms with Crippen LogP contribution in [0.2, 0.25) is 0 Å². The molecule has 4 aromatic rings. The van der Waals surface area contributed by atoms with Crippen molar-refractivity contribution in [2.24, 2.45) is 5.10 Å². The number of nitro groups is 1. The van der Waals surface area contributed by atoms with Crippen LogP contribution in [0.15, 0.2) is 84.0 Å². The van der Waals surface area contributed by atoms with Crippen LogP contribution < -0.4 is 20.2 Å². The molecule has 224 valence electrons. The molecule has 1 heterocycles. The number of hydrogen-bond acceptors (Lipinski definition) is 10. The molecule has 0 spiro atoms. The zero-order valence-electron chi connectivity index (χ0n) is 21.5. The van der Waals surface area contributed by atoms with Gasteiger partial charge in [0.1, 0.15) is 12.4 Å². The smallest absolute Gasteiger partial charge is 0.434 e. The van der Waals surface area contributed by atoms with Crippen LogP contribution in [-0.4, -0.2) is 44.5 Å².